The van der Waals surface area contributed by atoms with Crippen molar-refractivity contribution >= 4 is 46.3 Å². The van der Waals surface area contributed by atoms with Crippen LogP contribution in [-0.4, -0.2) is 43.6 Å². The summed E-state index contributed by atoms with van der Waals surface area (Å²) in [5, 5.41) is 41.5. The predicted octanol–water partition coefficient (Wildman–Crippen LogP) is 7.55. The third-order valence-electron chi connectivity index (χ3n) is 8.36. The van der Waals surface area contributed by atoms with E-state index in [0.717, 1.165) is 0 Å². The molecule has 8 nitrogen and oxygen atoms in total. The molecule has 228 valence electrons. The first kappa shape index (κ1) is 31.3. The third-order valence-corrected chi connectivity index (χ3v) is 8.87. The lowest BCUT2D eigenvalue weighted by atomic mass is 9.82. The number of carbonyl (C=O) groups is 4. The molecule has 44 heavy (non-hydrogen) atoms. The Labute approximate surface area is 263 Å². The van der Waals surface area contributed by atoms with E-state index in [-0.39, 0.29) is 120 Å². The average Bonchev–Trinajstić information content (AvgIpc) is 3.72. The lowest BCUT2D eigenvalue weighted by molar-refractivity contribution is -0.117. The van der Waals surface area contributed by atoms with Crippen LogP contribution in [0.3, 0.4) is 0 Å². The molecule has 0 unspecified atom stereocenters. The van der Waals surface area contributed by atoms with Crippen molar-refractivity contribution in [3.63, 3.8) is 0 Å². The van der Waals surface area contributed by atoms with Crippen LogP contribution >= 0.6 is 23.2 Å². The molecule has 0 bridgehead atoms. The number of allylic oxidation sites excluding steroid dienone is 8. The molecule has 4 aliphatic carbocycles. The highest BCUT2D eigenvalue weighted by Crippen LogP contribution is 2.44. The molecule has 10 heteroatoms. The number of aliphatic hydroxyl groups excluding tert-OH is 4. The molecule has 0 spiro atoms. The third kappa shape index (κ3) is 6.10. The van der Waals surface area contributed by atoms with E-state index >= 15 is 0 Å². The molecule has 0 aromatic heterocycles. The highest BCUT2D eigenvalue weighted by molar-refractivity contribution is 6.30. The van der Waals surface area contributed by atoms with Crippen molar-refractivity contribution in [2.75, 3.05) is 0 Å². The summed E-state index contributed by atoms with van der Waals surface area (Å²) in [4.78, 5) is 48.7. The molecule has 0 heterocycles. The first-order valence-electron chi connectivity index (χ1n) is 14.3. The van der Waals surface area contributed by atoms with Gasteiger partial charge >= 0.3 is 0 Å². The number of carbonyl (C=O) groups excluding carboxylic acids is 4. The average molecular weight is 638 g/mol. The van der Waals surface area contributed by atoms with Crippen molar-refractivity contribution in [2.24, 2.45) is 0 Å². The second-order valence-corrected chi connectivity index (χ2v) is 12.0. The normalized spacial score (nSPS) is 19.0. The molecule has 0 saturated heterocycles. The summed E-state index contributed by atoms with van der Waals surface area (Å²) < 4.78 is 0. The Balaban J connectivity index is 0.000000175. The van der Waals surface area contributed by atoms with Crippen LogP contribution in [0.15, 0.2) is 93.9 Å². The van der Waals surface area contributed by atoms with Gasteiger partial charge in [-0.15, -0.1) is 0 Å². The van der Waals surface area contributed by atoms with Crippen LogP contribution in [0.2, 0.25) is 10.0 Å². The first-order valence-corrected chi connectivity index (χ1v) is 15.0. The maximum Gasteiger partial charge on any atom is 0.163 e. The molecule has 0 fully saturated rings. The second-order valence-electron chi connectivity index (χ2n) is 11.1. The van der Waals surface area contributed by atoms with Crippen LogP contribution in [0.5, 0.6) is 0 Å². The zero-order chi connectivity index (χ0) is 31.7. The Morgan fingerprint density at radius 3 is 0.818 bits per heavy atom. The Morgan fingerprint density at radius 2 is 0.636 bits per heavy atom. The van der Waals surface area contributed by atoms with Gasteiger partial charge in [0.25, 0.3) is 0 Å². The van der Waals surface area contributed by atoms with Crippen LogP contribution in [0.25, 0.3) is 0 Å². The maximum atomic E-state index is 12.2. The summed E-state index contributed by atoms with van der Waals surface area (Å²) in [6.45, 7) is 0. The standard InChI is InChI=1S/2C17H15ClO4/c2*18-10-3-1-9(2-4-10)15(16-11(19)5-6-12(16)20)17-13(21)7-8-14(17)22/h2*1-4,15,19,21H,5-8H2. The first-order chi connectivity index (χ1) is 21.0. The van der Waals surface area contributed by atoms with E-state index in [1.807, 2.05) is 0 Å². The van der Waals surface area contributed by atoms with Gasteiger partial charge in [0, 0.05) is 95.5 Å². The Hall–Kier alpha value is -4.14. The molecule has 0 amide bonds. The molecule has 6 rings (SSSR count). The van der Waals surface area contributed by atoms with Crippen molar-refractivity contribution < 1.29 is 39.6 Å². The van der Waals surface area contributed by atoms with Gasteiger partial charge in [-0.3, -0.25) is 19.2 Å². The van der Waals surface area contributed by atoms with Crippen LogP contribution < -0.4 is 0 Å². The maximum absolute atomic E-state index is 12.2. The van der Waals surface area contributed by atoms with Gasteiger partial charge in [0.15, 0.2) is 23.1 Å². The fourth-order valence-corrected chi connectivity index (χ4v) is 6.48. The number of hydrogen-bond acceptors (Lipinski definition) is 8. The number of benzene rings is 2. The Bertz CT molecular complexity index is 1470. The van der Waals surface area contributed by atoms with Gasteiger partial charge < -0.3 is 20.4 Å². The van der Waals surface area contributed by atoms with Gasteiger partial charge in [-0.05, 0) is 35.4 Å². The van der Waals surface area contributed by atoms with Crippen LogP contribution in [0, 0.1) is 0 Å². The van der Waals surface area contributed by atoms with E-state index < -0.39 is 11.8 Å². The van der Waals surface area contributed by atoms with Gasteiger partial charge in [0.1, 0.15) is 23.0 Å². The van der Waals surface area contributed by atoms with Crippen molar-refractivity contribution in [2.45, 2.75) is 63.2 Å². The molecule has 0 radical (unpaired) electrons. The molecule has 0 aliphatic heterocycles. The van der Waals surface area contributed by atoms with E-state index in [9.17, 15) is 39.6 Å². The smallest absolute Gasteiger partial charge is 0.163 e. The summed E-state index contributed by atoms with van der Waals surface area (Å²) in [5.74, 6) is -2.15. The van der Waals surface area contributed by atoms with E-state index in [1.54, 1.807) is 48.5 Å². The van der Waals surface area contributed by atoms with E-state index in [2.05, 4.69) is 0 Å². The number of aliphatic hydroxyl groups is 4. The zero-order valence-electron chi connectivity index (χ0n) is 23.6. The lowest BCUT2D eigenvalue weighted by Gasteiger charge is -2.20. The number of Topliss-reactive ketones (excluding diaryl/α,β-unsaturated/α-hetero) is 4. The number of rotatable bonds is 6. The summed E-state index contributed by atoms with van der Waals surface area (Å²) in [7, 11) is 0. The number of ketones is 4. The van der Waals surface area contributed by atoms with Gasteiger partial charge in [0.05, 0.1) is 0 Å². The summed E-state index contributed by atoms with van der Waals surface area (Å²) in [6, 6.07) is 13.5. The lowest BCUT2D eigenvalue weighted by Crippen LogP contribution is -2.16. The minimum atomic E-state index is -0.720. The second kappa shape index (κ2) is 12.8. The van der Waals surface area contributed by atoms with E-state index in [4.69, 9.17) is 23.2 Å². The van der Waals surface area contributed by atoms with Crippen molar-refractivity contribution in [3.05, 3.63) is 115 Å². The summed E-state index contributed by atoms with van der Waals surface area (Å²) in [6.07, 6.45) is 2.03. The Kier molecular flexibility index (Phi) is 9.13. The molecule has 2 aromatic carbocycles. The highest BCUT2D eigenvalue weighted by atomic mass is 35.5. The van der Waals surface area contributed by atoms with Crippen molar-refractivity contribution in [1.82, 2.24) is 0 Å². The fraction of sp³-hybridized carbons (Fsp3) is 0.294. The number of hydrogen-bond donors (Lipinski definition) is 4. The van der Waals surface area contributed by atoms with Gasteiger partial charge in [-0.2, -0.15) is 0 Å². The SMILES string of the molecule is O=C1CCC(O)=C1C(C1=C(O)CCC1=O)c1ccc(Cl)cc1.O=C1CCC(O)=C1C(C1=C(O)CCC1=O)c1ccc(Cl)cc1. The van der Waals surface area contributed by atoms with Gasteiger partial charge in [0.2, 0.25) is 0 Å². The fourth-order valence-electron chi connectivity index (χ4n) is 6.23. The summed E-state index contributed by atoms with van der Waals surface area (Å²) >= 11 is 11.8. The van der Waals surface area contributed by atoms with Crippen LogP contribution in [-0.2, 0) is 19.2 Å². The molecule has 4 aliphatic rings. The zero-order valence-corrected chi connectivity index (χ0v) is 25.1. The van der Waals surface area contributed by atoms with E-state index in [0.29, 0.717) is 21.2 Å². The highest BCUT2D eigenvalue weighted by Gasteiger charge is 2.40. The molecular formula is C34H30Cl2O8. The van der Waals surface area contributed by atoms with E-state index in [1.165, 1.54) is 0 Å². The van der Waals surface area contributed by atoms with Crippen LogP contribution in [0.1, 0.15) is 74.3 Å². The topological polar surface area (TPSA) is 149 Å². The quantitative estimate of drug-likeness (QED) is 0.254. The Morgan fingerprint density at radius 1 is 0.409 bits per heavy atom. The molecule has 4 N–H and O–H groups in total. The molecule has 2 aromatic rings. The monoisotopic (exact) mass is 636 g/mol. The van der Waals surface area contributed by atoms with Crippen molar-refractivity contribution in [1.29, 1.82) is 0 Å². The molecular weight excluding hydrogens is 607 g/mol. The van der Waals surface area contributed by atoms with Gasteiger partial charge in [-0.1, -0.05) is 47.5 Å². The minimum Gasteiger partial charge on any atom is -0.512 e. The van der Waals surface area contributed by atoms with Crippen molar-refractivity contribution in [3.8, 4) is 0 Å². The molecule has 0 saturated carbocycles. The predicted molar refractivity (Wildman–Crippen MR) is 164 cm³/mol. The van der Waals surface area contributed by atoms with Gasteiger partial charge in [-0.25, -0.2) is 0 Å². The molecule has 0 atom stereocenters. The minimum absolute atomic E-state index is 0.00458. The number of halogens is 2. The largest absolute Gasteiger partial charge is 0.512 e. The van der Waals surface area contributed by atoms with Crippen LogP contribution in [0.4, 0.5) is 0 Å². The summed E-state index contributed by atoms with van der Waals surface area (Å²) in [5.41, 5.74) is 2.22.